The first-order chi connectivity index (χ1) is 13.8. The maximum Gasteiger partial charge on any atom is 0.338 e. The lowest BCUT2D eigenvalue weighted by Crippen LogP contribution is -2.48. The molecule has 154 valence electrons. The van der Waals surface area contributed by atoms with Gasteiger partial charge in [-0.3, -0.25) is 10.1 Å². The van der Waals surface area contributed by atoms with Gasteiger partial charge in [-0.2, -0.15) is 0 Å². The molecule has 0 unspecified atom stereocenters. The Morgan fingerprint density at radius 3 is 2.48 bits per heavy atom. The average Bonchev–Trinajstić information content (AvgIpc) is 2.68. The molecule has 0 radical (unpaired) electrons. The molecule has 1 heterocycles. The molecule has 1 saturated carbocycles. The summed E-state index contributed by atoms with van der Waals surface area (Å²) in [6.07, 6.45) is 4.19. The van der Waals surface area contributed by atoms with E-state index in [1.165, 1.54) is 0 Å². The average molecular weight is 398 g/mol. The van der Waals surface area contributed by atoms with E-state index in [4.69, 9.17) is 4.74 Å². The maximum absolute atomic E-state index is 12.2. The number of rotatable bonds is 4. The Morgan fingerprint density at radius 1 is 1.07 bits per heavy atom. The Kier molecular flexibility index (Phi) is 6.41. The number of hydrogen-bond acceptors (Lipinski definition) is 6. The molecule has 0 spiro atoms. The van der Waals surface area contributed by atoms with Crippen LogP contribution in [0.4, 0.5) is 4.79 Å². The number of amides is 3. The van der Waals surface area contributed by atoms with Gasteiger partial charge in [0.05, 0.1) is 28.0 Å². The Bertz CT molecular complexity index is 944. The van der Waals surface area contributed by atoms with Gasteiger partial charge in [-0.05, 0) is 50.8 Å². The lowest BCUT2D eigenvalue weighted by Gasteiger charge is -2.29. The summed E-state index contributed by atoms with van der Waals surface area (Å²) in [6.45, 7) is 5.26. The third-order valence-corrected chi connectivity index (χ3v) is 5.33. The molecule has 1 fully saturated rings. The number of benzene rings is 1. The van der Waals surface area contributed by atoms with E-state index in [1.54, 1.807) is 18.2 Å². The van der Waals surface area contributed by atoms with Crippen molar-refractivity contribution >= 4 is 28.9 Å². The molecule has 2 N–H and O–H groups in total. The highest BCUT2D eigenvalue weighted by Gasteiger charge is 2.23. The van der Waals surface area contributed by atoms with E-state index in [0.29, 0.717) is 17.0 Å². The molecule has 3 rings (SSSR count). The molecule has 29 heavy (non-hydrogen) atoms. The van der Waals surface area contributed by atoms with Crippen molar-refractivity contribution in [1.82, 2.24) is 20.6 Å². The third-order valence-electron chi connectivity index (χ3n) is 5.33. The number of carbonyl (C=O) groups excluding carboxylic acids is 3. The number of fused-ring (bicyclic) bond motifs is 1. The van der Waals surface area contributed by atoms with Gasteiger partial charge in [0, 0.05) is 6.04 Å². The zero-order valence-corrected chi connectivity index (χ0v) is 16.9. The normalized spacial score (nSPS) is 18.9. The second kappa shape index (κ2) is 8.98. The first-order valence-corrected chi connectivity index (χ1v) is 9.86. The van der Waals surface area contributed by atoms with Crippen molar-refractivity contribution in [2.45, 2.75) is 52.5 Å². The van der Waals surface area contributed by atoms with E-state index in [1.807, 2.05) is 13.8 Å². The van der Waals surface area contributed by atoms with Crippen molar-refractivity contribution in [2.75, 3.05) is 6.61 Å². The molecule has 1 aromatic heterocycles. The monoisotopic (exact) mass is 398 g/mol. The molecule has 1 aliphatic rings. The molecule has 0 bridgehead atoms. The first-order valence-electron chi connectivity index (χ1n) is 9.86. The van der Waals surface area contributed by atoms with Gasteiger partial charge in [-0.1, -0.05) is 19.8 Å². The van der Waals surface area contributed by atoms with Crippen LogP contribution in [-0.2, 0) is 9.53 Å². The molecule has 0 saturated heterocycles. The van der Waals surface area contributed by atoms with Crippen molar-refractivity contribution in [3.05, 3.63) is 35.2 Å². The lowest BCUT2D eigenvalue weighted by molar-refractivity contribution is -0.123. The van der Waals surface area contributed by atoms with Gasteiger partial charge in [0.1, 0.15) is 0 Å². The van der Waals surface area contributed by atoms with Crippen molar-refractivity contribution in [3.63, 3.8) is 0 Å². The van der Waals surface area contributed by atoms with E-state index >= 15 is 0 Å². The minimum atomic E-state index is -0.675. The molecule has 1 aliphatic carbocycles. The quantitative estimate of drug-likeness (QED) is 0.766. The summed E-state index contributed by atoms with van der Waals surface area (Å²) in [4.78, 5) is 45.0. The molecule has 0 aliphatic heterocycles. The van der Waals surface area contributed by atoms with Gasteiger partial charge in [-0.15, -0.1) is 0 Å². The molecular formula is C21H26N4O4. The highest BCUT2D eigenvalue weighted by molar-refractivity contribution is 5.98. The summed E-state index contributed by atoms with van der Waals surface area (Å²) < 4.78 is 5.03. The number of nitrogens with one attached hydrogen (secondary N) is 2. The van der Waals surface area contributed by atoms with Crippen LogP contribution in [0, 0.1) is 19.8 Å². The molecule has 8 heteroatoms. The summed E-state index contributed by atoms with van der Waals surface area (Å²) in [5, 5.41) is 5.03. The molecule has 1 aromatic carbocycles. The molecular weight excluding hydrogens is 372 g/mol. The van der Waals surface area contributed by atoms with E-state index in [-0.39, 0.29) is 11.6 Å². The van der Waals surface area contributed by atoms with Crippen LogP contribution in [0.15, 0.2) is 18.2 Å². The molecule has 8 nitrogen and oxygen atoms in total. The van der Waals surface area contributed by atoms with Crippen molar-refractivity contribution in [1.29, 1.82) is 0 Å². The van der Waals surface area contributed by atoms with Crippen molar-refractivity contribution < 1.29 is 19.1 Å². The number of hydrogen-bond donors (Lipinski definition) is 2. The highest BCUT2D eigenvalue weighted by atomic mass is 16.5. The predicted octanol–water partition coefficient (Wildman–Crippen LogP) is 2.81. The summed E-state index contributed by atoms with van der Waals surface area (Å²) in [6, 6.07) is 4.33. The van der Waals surface area contributed by atoms with E-state index in [2.05, 4.69) is 27.5 Å². The van der Waals surface area contributed by atoms with Crippen LogP contribution in [0.5, 0.6) is 0 Å². The van der Waals surface area contributed by atoms with Crippen molar-refractivity contribution in [2.24, 2.45) is 5.92 Å². The van der Waals surface area contributed by atoms with Gasteiger partial charge in [0.15, 0.2) is 6.61 Å². The fourth-order valence-corrected chi connectivity index (χ4v) is 3.47. The van der Waals surface area contributed by atoms with Crippen LogP contribution >= 0.6 is 0 Å². The SMILES string of the molecule is Cc1nc2ccc(C(=O)OCC(=O)NC(=O)N[C@H]3CCCC[C@H]3C)cc2nc1C. The Hall–Kier alpha value is -3.03. The van der Waals surface area contributed by atoms with E-state index in [9.17, 15) is 14.4 Å². The number of imide groups is 1. The van der Waals surface area contributed by atoms with Crippen LogP contribution in [0.25, 0.3) is 11.0 Å². The van der Waals surface area contributed by atoms with E-state index < -0.39 is 24.5 Å². The second-order valence-electron chi connectivity index (χ2n) is 7.56. The van der Waals surface area contributed by atoms with Crippen LogP contribution in [0.1, 0.15) is 54.4 Å². The molecule has 2 aromatic rings. The fourth-order valence-electron chi connectivity index (χ4n) is 3.47. The van der Waals surface area contributed by atoms with Crippen molar-refractivity contribution in [3.8, 4) is 0 Å². The number of urea groups is 1. The fraction of sp³-hybridized carbons (Fsp3) is 0.476. The summed E-state index contributed by atoms with van der Waals surface area (Å²) >= 11 is 0. The number of esters is 1. The Labute approximate surface area is 169 Å². The lowest BCUT2D eigenvalue weighted by atomic mass is 9.86. The summed E-state index contributed by atoms with van der Waals surface area (Å²) in [5.41, 5.74) is 3.12. The van der Waals surface area contributed by atoms with E-state index in [0.717, 1.165) is 37.1 Å². The summed E-state index contributed by atoms with van der Waals surface area (Å²) in [7, 11) is 0. The van der Waals surface area contributed by atoms with Crippen LogP contribution in [-0.4, -0.2) is 40.5 Å². The number of nitrogens with zero attached hydrogens (tertiary/aromatic N) is 2. The first kappa shape index (κ1) is 20.7. The Balaban J connectivity index is 1.52. The van der Waals surface area contributed by atoms with Crippen LogP contribution in [0.2, 0.25) is 0 Å². The Morgan fingerprint density at radius 2 is 1.76 bits per heavy atom. The van der Waals surface area contributed by atoms with Gasteiger partial charge < -0.3 is 10.1 Å². The minimum Gasteiger partial charge on any atom is -0.452 e. The number of ether oxygens (including phenoxy) is 1. The highest BCUT2D eigenvalue weighted by Crippen LogP contribution is 2.23. The zero-order chi connectivity index (χ0) is 21.0. The van der Waals surface area contributed by atoms with Gasteiger partial charge in [-0.25, -0.2) is 19.6 Å². The topological polar surface area (TPSA) is 110 Å². The summed E-state index contributed by atoms with van der Waals surface area (Å²) in [5.74, 6) is -0.958. The molecule has 2 atom stereocenters. The largest absolute Gasteiger partial charge is 0.452 e. The third kappa shape index (κ3) is 5.28. The standard InChI is InChI=1S/C21H26N4O4/c1-12-6-4-5-7-16(12)24-21(28)25-19(26)11-29-20(27)15-8-9-17-18(10-15)23-14(3)13(2)22-17/h8-10,12,16H,4-7,11H2,1-3H3,(H2,24,25,26,28)/t12-,16+/m1/s1. The smallest absolute Gasteiger partial charge is 0.338 e. The van der Waals surface area contributed by atoms with Gasteiger partial charge in [0.25, 0.3) is 5.91 Å². The minimum absolute atomic E-state index is 0.0601. The van der Waals surface area contributed by atoms with Crippen LogP contribution in [0.3, 0.4) is 0 Å². The molecule has 3 amide bonds. The number of aryl methyl sites for hydroxylation is 2. The maximum atomic E-state index is 12.2. The second-order valence-corrected chi connectivity index (χ2v) is 7.56. The zero-order valence-electron chi connectivity index (χ0n) is 16.9. The number of carbonyl (C=O) groups is 3. The number of aromatic nitrogens is 2. The van der Waals surface area contributed by atoms with Gasteiger partial charge >= 0.3 is 12.0 Å². The van der Waals surface area contributed by atoms with Crippen LogP contribution < -0.4 is 10.6 Å². The van der Waals surface area contributed by atoms with Gasteiger partial charge in [0.2, 0.25) is 0 Å². The predicted molar refractivity (Wildman–Crippen MR) is 107 cm³/mol.